The average Bonchev–Trinajstić information content (AvgIpc) is 1.46. The lowest BCUT2D eigenvalue weighted by atomic mass is 16.0. The molecule has 0 fully saturated rings. The topological polar surface area (TPSA) is 17.1 Å². The summed E-state index contributed by atoms with van der Waals surface area (Å²) in [6, 6.07) is 0. The Balaban J connectivity index is 0. The Kier molecular flexibility index (Phi) is 45.2. The number of hydrogen-bond donors (Lipinski definition) is 0. The van der Waals surface area contributed by atoms with Crippen LogP contribution in [0.3, 0.4) is 0 Å². The molecule has 0 aliphatic heterocycles. The van der Waals surface area contributed by atoms with E-state index in [9.17, 15) is 4.20 Å². The van der Waals surface area contributed by atoms with Crippen molar-refractivity contribution in [3.63, 3.8) is 0 Å². The Hall–Kier alpha value is 0.470. The second-order valence-corrected chi connectivity index (χ2v) is 0.621. The van der Waals surface area contributed by atoms with Gasteiger partial charge in [-0.1, -0.05) is 0 Å². The van der Waals surface area contributed by atoms with Crippen molar-refractivity contribution in [2.45, 2.75) is 0 Å². The molecule has 0 aromatic heterocycles. The molecule has 0 unspecified atom stereocenters. The fraction of sp³-hybridized carbons (Fsp3) is 0. The quantitative estimate of drug-likeness (QED) is 0.454. The summed E-state index contributed by atoms with van der Waals surface area (Å²) < 4.78 is 17.9. The largest absolute Gasteiger partial charge is 0.197 e. The average molecular weight is 130 g/mol. The van der Waals surface area contributed by atoms with Crippen LogP contribution in [-0.2, 0) is 24.3 Å². The summed E-state index contributed by atoms with van der Waals surface area (Å²) in [6.07, 6.45) is 0. The van der Waals surface area contributed by atoms with Crippen LogP contribution in [0.1, 0.15) is 0 Å². The summed E-state index contributed by atoms with van der Waals surface area (Å²) in [5.74, 6) is 0. The second kappa shape index (κ2) is 24.9. The lowest BCUT2D eigenvalue weighted by molar-refractivity contribution is 0.702. The van der Waals surface area contributed by atoms with Gasteiger partial charge in [0, 0.05) is 0 Å². The fourth-order valence-corrected chi connectivity index (χ4v) is 0. The predicted octanol–water partition coefficient (Wildman–Crippen LogP) is 0.943. The minimum absolute atomic E-state index is 0.500. The van der Waals surface area contributed by atoms with Gasteiger partial charge in [0.05, 0.1) is 0 Å². The summed E-state index contributed by atoms with van der Waals surface area (Å²) in [5, 5.41) is 0. The Morgan fingerprint density at radius 2 is 1.60 bits per heavy atom. The van der Waals surface area contributed by atoms with Gasteiger partial charge in [0.1, 0.15) is 0 Å². The van der Waals surface area contributed by atoms with Crippen LogP contribution in [-0.4, -0.2) is 4.21 Å². The van der Waals surface area contributed by atoms with E-state index in [2.05, 4.69) is 24.3 Å². The van der Waals surface area contributed by atoms with Crippen LogP contribution in [0.15, 0.2) is 0 Å². The van der Waals surface area contributed by atoms with Gasteiger partial charge >= 0.3 is 0 Å². The first-order valence-electron chi connectivity index (χ1n) is 0.518. The minimum Gasteiger partial charge on any atom is -0.197 e. The van der Waals surface area contributed by atoms with Crippen molar-refractivity contribution in [2.75, 3.05) is 0 Å². The first-order valence-corrected chi connectivity index (χ1v) is 2.65. The minimum atomic E-state index is -0.500. The monoisotopic (exact) mass is 130 g/mol. The molecule has 0 aliphatic rings. The third-order valence-electron chi connectivity index (χ3n) is 0. The van der Waals surface area contributed by atoms with Crippen molar-refractivity contribution >= 4 is 32.0 Å². The van der Waals surface area contributed by atoms with Crippen molar-refractivity contribution in [1.82, 2.24) is 0 Å². The molecule has 5 heteroatoms. The van der Waals surface area contributed by atoms with Gasteiger partial charge in [0.15, 0.2) is 20.2 Å². The van der Waals surface area contributed by atoms with E-state index in [0.717, 1.165) is 0 Å². The van der Waals surface area contributed by atoms with E-state index in [4.69, 9.17) is 4.21 Å². The molecule has 0 atom stereocenters. The third-order valence-corrected chi connectivity index (χ3v) is 0. The molecular weight excluding hydrogens is 130 g/mol. The molecule has 0 bridgehead atoms. The standard InChI is InChI=1S/FPS.OS/c1-2-3;1-2. The van der Waals surface area contributed by atoms with Gasteiger partial charge in [-0.25, -0.2) is 0 Å². The predicted molar refractivity (Wildman–Crippen MR) is 23.5 cm³/mol. The van der Waals surface area contributed by atoms with Crippen LogP contribution in [0.2, 0.25) is 0 Å². The molecule has 5 heavy (non-hydrogen) atoms. The molecule has 0 radical (unpaired) electrons. The van der Waals surface area contributed by atoms with E-state index in [0.29, 0.717) is 0 Å². The van der Waals surface area contributed by atoms with E-state index in [-0.39, 0.29) is 0 Å². The van der Waals surface area contributed by atoms with Crippen LogP contribution in [0, 0.1) is 0 Å². The molecule has 0 aromatic carbocycles. The second-order valence-electron chi connectivity index (χ2n) is 0.0690. The maximum absolute atomic E-state index is 10.1. The Bertz CT molecular complexity index is 23.6. The molecule has 0 heterocycles. The molecule has 30 valence electrons. The van der Waals surface area contributed by atoms with Crippen LogP contribution >= 0.6 is 7.67 Å². The third kappa shape index (κ3) is 123. The number of hydrogen-bond acceptors (Lipinski definition) is 3. The van der Waals surface area contributed by atoms with E-state index >= 15 is 0 Å². The first kappa shape index (κ1) is 9.08. The SMILES string of the molecule is FP=S.O=S. The molecular formula is FOPS2. The highest BCUT2D eigenvalue weighted by molar-refractivity contribution is 7.94. The molecule has 0 saturated carbocycles. The molecule has 0 aromatic rings. The van der Waals surface area contributed by atoms with E-state index in [1.54, 1.807) is 0 Å². The lowest BCUT2D eigenvalue weighted by Gasteiger charge is -1.20. The molecule has 0 amide bonds. The summed E-state index contributed by atoms with van der Waals surface area (Å²) in [5.41, 5.74) is 0. The van der Waals surface area contributed by atoms with Gasteiger partial charge in [-0.3, -0.25) is 0 Å². The molecule has 0 N–H and O–H groups in total. The zero-order valence-electron chi connectivity index (χ0n) is 2.05. The highest BCUT2D eigenvalue weighted by Crippen LogP contribution is 1.84. The van der Waals surface area contributed by atoms with E-state index in [1.165, 1.54) is 0 Å². The maximum atomic E-state index is 10.1. The van der Waals surface area contributed by atoms with Gasteiger partial charge < -0.3 is 0 Å². The Morgan fingerprint density at radius 3 is 1.60 bits per heavy atom. The highest BCUT2D eigenvalue weighted by Gasteiger charge is 1.27. The van der Waals surface area contributed by atoms with Crippen molar-refractivity contribution in [3.05, 3.63) is 0 Å². The maximum Gasteiger partial charge on any atom is 0.197 e. The molecule has 0 rings (SSSR count). The fourth-order valence-electron chi connectivity index (χ4n) is 0. The van der Waals surface area contributed by atoms with Gasteiger partial charge in [0.25, 0.3) is 0 Å². The van der Waals surface area contributed by atoms with E-state index < -0.39 is 7.67 Å². The Morgan fingerprint density at radius 1 is 1.60 bits per heavy atom. The molecule has 0 saturated heterocycles. The lowest BCUT2D eigenvalue weighted by Crippen LogP contribution is -0.894. The van der Waals surface area contributed by atoms with Gasteiger partial charge in [-0.2, -0.15) is 8.41 Å². The summed E-state index contributed by atoms with van der Waals surface area (Å²) in [4.78, 5) is 0. The van der Waals surface area contributed by atoms with Gasteiger partial charge in [0.2, 0.25) is 0 Å². The van der Waals surface area contributed by atoms with Crippen LogP contribution in [0.4, 0.5) is 4.20 Å². The van der Waals surface area contributed by atoms with Crippen LogP contribution in [0.25, 0.3) is 0 Å². The van der Waals surface area contributed by atoms with Crippen molar-refractivity contribution in [1.29, 1.82) is 0 Å². The van der Waals surface area contributed by atoms with Crippen molar-refractivity contribution in [2.24, 2.45) is 0 Å². The van der Waals surface area contributed by atoms with Gasteiger partial charge in [-0.05, 0) is 11.8 Å². The van der Waals surface area contributed by atoms with E-state index in [1.807, 2.05) is 0 Å². The summed E-state index contributed by atoms with van der Waals surface area (Å²) >= 11 is 6.53. The molecule has 0 aliphatic carbocycles. The smallest absolute Gasteiger partial charge is 0.197 e. The zero-order chi connectivity index (χ0) is 4.71. The van der Waals surface area contributed by atoms with Crippen molar-refractivity contribution in [3.8, 4) is 0 Å². The summed E-state index contributed by atoms with van der Waals surface area (Å²) in [6.45, 7) is 0. The van der Waals surface area contributed by atoms with Crippen LogP contribution in [0.5, 0.6) is 0 Å². The first-order chi connectivity index (χ1) is 2.41. The summed E-state index contributed by atoms with van der Waals surface area (Å²) in [7, 11) is -0.500. The number of rotatable bonds is 0. The van der Waals surface area contributed by atoms with Gasteiger partial charge in [-0.15, -0.1) is 0 Å². The van der Waals surface area contributed by atoms with Crippen LogP contribution < -0.4 is 0 Å². The highest BCUT2D eigenvalue weighted by atomic mass is 32.4. The molecule has 1 nitrogen and oxygen atoms in total. The zero-order valence-corrected chi connectivity index (χ0v) is 4.58. The molecule has 0 spiro atoms. The Labute approximate surface area is 41.1 Å². The normalized spacial score (nSPS) is 5.00. The number of halogens is 1. The van der Waals surface area contributed by atoms with Crippen molar-refractivity contribution < 1.29 is 8.41 Å².